The van der Waals surface area contributed by atoms with Crippen molar-refractivity contribution in [3.63, 3.8) is 0 Å². The van der Waals surface area contributed by atoms with Gasteiger partial charge in [-0.05, 0) is 38.7 Å². The van der Waals surface area contributed by atoms with Crippen LogP contribution in [0.4, 0.5) is 11.4 Å². The molecule has 10 nitrogen and oxygen atoms in total. The zero-order valence-electron chi connectivity index (χ0n) is 21.0. The number of para-hydroxylation sites is 1. The van der Waals surface area contributed by atoms with Gasteiger partial charge in [-0.2, -0.15) is 0 Å². The van der Waals surface area contributed by atoms with Crippen molar-refractivity contribution in [3.8, 4) is 22.5 Å². The Morgan fingerprint density at radius 3 is 2.33 bits per heavy atom. The number of methoxy groups -OCH3 is 1. The van der Waals surface area contributed by atoms with Gasteiger partial charge < -0.3 is 10.1 Å². The number of anilines is 1. The van der Waals surface area contributed by atoms with Gasteiger partial charge in [0.25, 0.3) is 5.69 Å². The van der Waals surface area contributed by atoms with E-state index in [1.165, 1.54) is 25.3 Å². The highest BCUT2D eigenvalue weighted by Crippen LogP contribution is 2.32. The highest BCUT2D eigenvalue weighted by molar-refractivity contribution is 5.98. The normalized spacial score (nSPS) is 10.7. The van der Waals surface area contributed by atoms with Crippen LogP contribution in [0.3, 0.4) is 0 Å². The largest absolute Gasteiger partial charge is 0.465 e. The van der Waals surface area contributed by atoms with E-state index in [1.807, 2.05) is 78.9 Å². The van der Waals surface area contributed by atoms with Gasteiger partial charge in [-0.1, -0.05) is 84.9 Å². The lowest BCUT2D eigenvalue weighted by Gasteiger charge is -2.13. The highest BCUT2D eigenvalue weighted by atomic mass is 16.6. The molecule has 1 heterocycles. The van der Waals surface area contributed by atoms with E-state index in [0.29, 0.717) is 12.4 Å². The van der Waals surface area contributed by atoms with E-state index in [-0.39, 0.29) is 23.5 Å². The summed E-state index contributed by atoms with van der Waals surface area (Å²) in [6.45, 7) is 0.813. The minimum atomic E-state index is -0.650. The summed E-state index contributed by atoms with van der Waals surface area (Å²) in [5.74, 6) is 0.00897. The molecule has 0 atom stereocenters. The van der Waals surface area contributed by atoms with Crippen LogP contribution in [0.25, 0.3) is 22.5 Å². The number of nitro groups is 1. The molecular formula is C29H24N6O4. The first-order valence-corrected chi connectivity index (χ1v) is 12.1. The maximum atomic E-state index is 12.2. The molecule has 0 unspecified atom stereocenters. The summed E-state index contributed by atoms with van der Waals surface area (Å²) in [6, 6.07) is 30.0. The van der Waals surface area contributed by atoms with E-state index in [4.69, 9.17) is 4.74 Å². The lowest BCUT2D eigenvalue weighted by Crippen LogP contribution is -2.10. The molecular weight excluding hydrogens is 496 g/mol. The smallest absolute Gasteiger partial charge is 0.340 e. The van der Waals surface area contributed by atoms with Crippen molar-refractivity contribution < 1.29 is 14.5 Å². The van der Waals surface area contributed by atoms with Crippen molar-refractivity contribution in [2.24, 2.45) is 0 Å². The Labute approximate surface area is 224 Å². The number of carbonyl (C=O) groups is 1. The van der Waals surface area contributed by atoms with Gasteiger partial charge >= 0.3 is 5.97 Å². The molecule has 194 valence electrons. The SMILES string of the molecule is COC(=O)c1cccc([N+](=O)[O-])c1NCc1ccc(-c2ccccc2-c2nnnn2Cc2ccccc2)cc1. The molecule has 0 fully saturated rings. The third-order valence-electron chi connectivity index (χ3n) is 6.25. The minimum absolute atomic E-state index is 0.102. The molecule has 10 heteroatoms. The number of benzene rings is 4. The van der Waals surface area contributed by atoms with Crippen molar-refractivity contribution in [1.82, 2.24) is 20.2 Å². The van der Waals surface area contributed by atoms with E-state index in [0.717, 1.165) is 27.8 Å². The zero-order valence-corrected chi connectivity index (χ0v) is 21.0. The molecule has 0 aliphatic heterocycles. The molecule has 1 N–H and O–H groups in total. The molecule has 0 amide bonds. The van der Waals surface area contributed by atoms with Crippen molar-refractivity contribution >= 4 is 17.3 Å². The van der Waals surface area contributed by atoms with Crippen molar-refractivity contribution in [3.05, 3.63) is 124 Å². The van der Waals surface area contributed by atoms with Gasteiger partial charge in [-0.3, -0.25) is 10.1 Å². The maximum absolute atomic E-state index is 12.2. The number of tetrazole rings is 1. The number of ether oxygens (including phenoxy) is 1. The molecule has 1 aromatic heterocycles. The zero-order chi connectivity index (χ0) is 27.2. The van der Waals surface area contributed by atoms with Crippen molar-refractivity contribution in [1.29, 1.82) is 0 Å². The number of rotatable bonds is 9. The topological polar surface area (TPSA) is 125 Å². The Morgan fingerprint density at radius 2 is 1.62 bits per heavy atom. The number of nitrogens with one attached hydrogen (secondary N) is 1. The average Bonchev–Trinajstić information content (AvgIpc) is 3.44. The Hall–Kier alpha value is -5.38. The average molecular weight is 521 g/mol. The Balaban J connectivity index is 1.39. The molecule has 0 saturated carbocycles. The van der Waals surface area contributed by atoms with Gasteiger partial charge in [0.15, 0.2) is 5.82 Å². The molecule has 4 aromatic carbocycles. The number of esters is 1. The number of hydrogen-bond donors (Lipinski definition) is 1. The summed E-state index contributed by atoms with van der Waals surface area (Å²) in [4.78, 5) is 23.2. The molecule has 0 bridgehead atoms. The standard InChI is InChI=1S/C29H24N6O4/c1-39-29(36)25-12-7-13-26(35(37)38)27(25)30-18-20-14-16-22(17-15-20)23-10-5-6-11-24(23)28-31-32-33-34(28)19-21-8-3-2-4-9-21/h2-17,30H,18-19H2,1H3. The fourth-order valence-corrected chi connectivity index (χ4v) is 4.34. The van der Waals surface area contributed by atoms with Crippen LogP contribution < -0.4 is 5.32 Å². The summed E-state index contributed by atoms with van der Waals surface area (Å²) >= 11 is 0. The van der Waals surface area contributed by atoms with E-state index in [2.05, 4.69) is 20.8 Å². The van der Waals surface area contributed by atoms with Crippen LogP contribution in [-0.4, -0.2) is 38.2 Å². The fourth-order valence-electron chi connectivity index (χ4n) is 4.34. The molecule has 5 rings (SSSR count). The van der Waals surface area contributed by atoms with Crippen LogP contribution in [0.2, 0.25) is 0 Å². The van der Waals surface area contributed by atoms with Crippen LogP contribution >= 0.6 is 0 Å². The predicted octanol–water partition coefficient (Wildman–Crippen LogP) is 5.36. The van der Waals surface area contributed by atoms with Gasteiger partial charge in [0.05, 0.1) is 24.1 Å². The van der Waals surface area contributed by atoms with E-state index >= 15 is 0 Å². The van der Waals surface area contributed by atoms with Gasteiger partial charge in [0.2, 0.25) is 0 Å². The molecule has 0 radical (unpaired) electrons. The number of nitro benzene ring substituents is 1. The Kier molecular flexibility index (Phi) is 7.35. The summed E-state index contributed by atoms with van der Waals surface area (Å²) in [5, 5.41) is 27.0. The number of carbonyl (C=O) groups excluding carboxylic acids is 1. The lowest BCUT2D eigenvalue weighted by molar-refractivity contribution is -0.384. The van der Waals surface area contributed by atoms with Gasteiger partial charge in [0, 0.05) is 18.2 Å². The second kappa shape index (κ2) is 11.3. The van der Waals surface area contributed by atoms with Crippen LogP contribution in [0.1, 0.15) is 21.5 Å². The second-order valence-electron chi connectivity index (χ2n) is 8.69. The first kappa shape index (κ1) is 25.3. The quantitative estimate of drug-likeness (QED) is 0.156. The summed E-state index contributed by atoms with van der Waals surface area (Å²) < 4.78 is 6.57. The van der Waals surface area contributed by atoms with E-state index in [1.54, 1.807) is 4.68 Å². The molecule has 0 saturated heterocycles. The Morgan fingerprint density at radius 1 is 0.897 bits per heavy atom. The van der Waals surface area contributed by atoms with Crippen molar-refractivity contribution in [2.75, 3.05) is 12.4 Å². The highest BCUT2D eigenvalue weighted by Gasteiger charge is 2.22. The van der Waals surface area contributed by atoms with E-state index < -0.39 is 10.9 Å². The molecule has 0 aliphatic carbocycles. The van der Waals surface area contributed by atoms with E-state index in [9.17, 15) is 14.9 Å². The van der Waals surface area contributed by atoms with Crippen LogP contribution in [0.15, 0.2) is 97.1 Å². The first-order valence-electron chi connectivity index (χ1n) is 12.1. The number of hydrogen-bond acceptors (Lipinski definition) is 8. The summed E-state index contributed by atoms with van der Waals surface area (Å²) in [7, 11) is 1.24. The molecule has 39 heavy (non-hydrogen) atoms. The fraction of sp³-hybridized carbons (Fsp3) is 0.103. The maximum Gasteiger partial charge on any atom is 0.340 e. The second-order valence-corrected chi connectivity index (χ2v) is 8.69. The van der Waals surface area contributed by atoms with Gasteiger partial charge in [-0.25, -0.2) is 9.48 Å². The van der Waals surface area contributed by atoms with Crippen LogP contribution in [-0.2, 0) is 17.8 Å². The molecule has 0 aliphatic rings. The predicted molar refractivity (Wildman–Crippen MR) is 146 cm³/mol. The number of aromatic nitrogens is 4. The summed E-state index contributed by atoms with van der Waals surface area (Å²) in [6.07, 6.45) is 0. The van der Waals surface area contributed by atoms with Gasteiger partial charge in [-0.15, -0.1) is 5.10 Å². The Bertz CT molecular complexity index is 1620. The first-order chi connectivity index (χ1) is 19.0. The summed E-state index contributed by atoms with van der Waals surface area (Å²) in [5.41, 5.74) is 4.81. The van der Waals surface area contributed by atoms with Crippen LogP contribution in [0, 0.1) is 10.1 Å². The van der Waals surface area contributed by atoms with Gasteiger partial charge in [0.1, 0.15) is 5.69 Å². The monoisotopic (exact) mass is 520 g/mol. The lowest BCUT2D eigenvalue weighted by atomic mass is 9.98. The number of nitrogens with zero attached hydrogens (tertiary/aromatic N) is 5. The third-order valence-corrected chi connectivity index (χ3v) is 6.25. The van der Waals surface area contributed by atoms with Crippen LogP contribution in [0.5, 0.6) is 0 Å². The molecule has 0 spiro atoms. The molecule has 5 aromatic rings. The minimum Gasteiger partial charge on any atom is -0.465 e. The van der Waals surface area contributed by atoms with Crippen molar-refractivity contribution in [2.45, 2.75) is 13.1 Å². The third kappa shape index (κ3) is 5.49.